The number of nitrogens with zero attached hydrogens (tertiary/aromatic N) is 1. The molecule has 11 nitrogen and oxygen atoms in total. The molecule has 0 bridgehead atoms. The maximum Gasteiger partial charge on any atom is 0.407 e. The van der Waals surface area contributed by atoms with Gasteiger partial charge in [-0.1, -0.05) is 32.0 Å². The molecule has 260 valence electrons. The number of nitrogens with one attached hydrogen (secondary N) is 3. The van der Waals surface area contributed by atoms with Gasteiger partial charge >= 0.3 is 6.09 Å². The molecule has 0 spiro atoms. The first-order valence-corrected chi connectivity index (χ1v) is 16.5. The van der Waals surface area contributed by atoms with Crippen LogP contribution >= 0.6 is 0 Å². The number of halogens is 1. The number of alkyl carbamates (subject to hydrolysis) is 1. The highest BCUT2D eigenvalue weighted by molar-refractivity contribution is 5.98. The molecule has 0 radical (unpaired) electrons. The number of rotatable bonds is 20. The van der Waals surface area contributed by atoms with Crippen molar-refractivity contribution in [1.82, 2.24) is 20.9 Å². The maximum absolute atomic E-state index is 13.4. The van der Waals surface area contributed by atoms with Gasteiger partial charge in [-0.25, -0.2) is 14.2 Å². The lowest BCUT2D eigenvalue weighted by Gasteiger charge is -2.31. The van der Waals surface area contributed by atoms with E-state index in [-0.39, 0.29) is 30.6 Å². The smallest absolute Gasteiger partial charge is 0.407 e. The van der Waals surface area contributed by atoms with Crippen LogP contribution in [-0.2, 0) is 30.2 Å². The number of benzene rings is 1. The first-order chi connectivity index (χ1) is 22.5. The summed E-state index contributed by atoms with van der Waals surface area (Å²) in [6, 6.07) is 9.99. The topological polar surface area (TPSA) is 137 Å². The van der Waals surface area contributed by atoms with Crippen molar-refractivity contribution in [2.45, 2.75) is 83.8 Å². The van der Waals surface area contributed by atoms with Crippen LogP contribution in [0.5, 0.6) is 0 Å². The van der Waals surface area contributed by atoms with Gasteiger partial charge in [-0.15, -0.1) is 0 Å². The molecule has 1 fully saturated rings. The fourth-order valence-corrected chi connectivity index (χ4v) is 4.92. The third-order valence-electron chi connectivity index (χ3n) is 7.73. The van der Waals surface area contributed by atoms with Crippen LogP contribution in [0.1, 0.15) is 93.5 Å². The molecule has 1 aromatic carbocycles. The van der Waals surface area contributed by atoms with Gasteiger partial charge in [0.2, 0.25) is 5.91 Å². The van der Waals surface area contributed by atoms with Crippen LogP contribution in [0.25, 0.3) is 0 Å². The molecule has 1 aromatic heterocycles. The van der Waals surface area contributed by atoms with E-state index in [1.807, 2.05) is 19.9 Å². The predicted molar refractivity (Wildman–Crippen MR) is 176 cm³/mol. The van der Waals surface area contributed by atoms with Crippen molar-refractivity contribution < 1.29 is 37.7 Å². The van der Waals surface area contributed by atoms with E-state index in [0.717, 1.165) is 29.7 Å². The van der Waals surface area contributed by atoms with Crippen molar-refractivity contribution in [3.05, 3.63) is 64.7 Å². The minimum atomic E-state index is -1.10. The fraction of sp³-hybridized carbons (Fsp3) is 0.600. The molecule has 0 atom stereocenters. The third kappa shape index (κ3) is 13.2. The number of carbonyl (C=O) groups excluding carboxylic acids is 3. The van der Waals surface area contributed by atoms with E-state index in [0.29, 0.717) is 64.8 Å². The van der Waals surface area contributed by atoms with E-state index in [1.54, 1.807) is 39.0 Å². The number of pyridine rings is 1. The second-order valence-corrected chi connectivity index (χ2v) is 12.6. The highest BCUT2D eigenvalue weighted by Gasteiger charge is 2.37. The number of amides is 3. The van der Waals surface area contributed by atoms with Gasteiger partial charge in [-0.2, -0.15) is 0 Å². The molecule has 47 heavy (non-hydrogen) atoms. The van der Waals surface area contributed by atoms with E-state index < -0.39 is 23.1 Å². The molecule has 1 aliphatic carbocycles. The van der Waals surface area contributed by atoms with Gasteiger partial charge in [0.25, 0.3) is 5.91 Å². The van der Waals surface area contributed by atoms with Gasteiger partial charge < -0.3 is 34.9 Å². The van der Waals surface area contributed by atoms with Crippen LogP contribution in [0.3, 0.4) is 0 Å². The van der Waals surface area contributed by atoms with E-state index >= 15 is 0 Å². The largest absolute Gasteiger partial charge is 0.444 e. The molecular weight excluding hydrogens is 607 g/mol. The first kappa shape index (κ1) is 37.8. The Morgan fingerprint density at radius 3 is 1.96 bits per heavy atom. The van der Waals surface area contributed by atoms with Crippen LogP contribution in [-0.4, -0.2) is 86.8 Å². The number of ether oxygens (including phenoxy) is 4. The summed E-state index contributed by atoms with van der Waals surface area (Å²) in [5.41, 5.74) is 1.44. The molecule has 3 amide bonds. The van der Waals surface area contributed by atoms with Crippen molar-refractivity contribution >= 4 is 17.9 Å². The summed E-state index contributed by atoms with van der Waals surface area (Å²) in [6.45, 7) is 11.9. The second kappa shape index (κ2) is 18.7. The van der Waals surface area contributed by atoms with Gasteiger partial charge in [0.15, 0.2) is 0 Å². The summed E-state index contributed by atoms with van der Waals surface area (Å²) in [6.07, 6.45) is 2.99. The Kier molecular flexibility index (Phi) is 15.0. The molecule has 2 aromatic rings. The van der Waals surface area contributed by atoms with Crippen molar-refractivity contribution in [2.24, 2.45) is 0 Å². The summed E-state index contributed by atoms with van der Waals surface area (Å²) in [7, 11) is 0. The summed E-state index contributed by atoms with van der Waals surface area (Å²) in [4.78, 5) is 43.0. The summed E-state index contributed by atoms with van der Waals surface area (Å²) >= 11 is 0. The molecule has 1 saturated carbocycles. The van der Waals surface area contributed by atoms with Crippen molar-refractivity contribution in [2.75, 3.05) is 52.7 Å². The summed E-state index contributed by atoms with van der Waals surface area (Å²) in [5, 5.41) is 8.46. The van der Waals surface area contributed by atoms with Crippen LogP contribution in [0.2, 0.25) is 0 Å². The summed E-state index contributed by atoms with van der Waals surface area (Å²) in [5.74, 6) is -0.563. The first-order valence-electron chi connectivity index (χ1n) is 16.5. The molecule has 1 heterocycles. The molecule has 12 heteroatoms. The Bertz CT molecular complexity index is 1290. The highest BCUT2D eigenvalue weighted by atomic mass is 19.1. The monoisotopic (exact) mass is 658 g/mol. The minimum absolute atomic E-state index is 0.247. The van der Waals surface area contributed by atoms with E-state index in [4.69, 9.17) is 23.9 Å². The average Bonchev–Trinajstić information content (AvgIpc) is 3.88. The Hall–Kier alpha value is -3.61. The van der Waals surface area contributed by atoms with Gasteiger partial charge in [0.1, 0.15) is 22.7 Å². The van der Waals surface area contributed by atoms with E-state index in [2.05, 4.69) is 16.0 Å². The lowest BCUT2D eigenvalue weighted by molar-refractivity contribution is -0.128. The second-order valence-electron chi connectivity index (χ2n) is 12.6. The predicted octanol–water partition coefficient (Wildman–Crippen LogP) is 4.67. The maximum atomic E-state index is 13.4. The average molecular weight is 659 g/mol. The molecule has 3 N–H and O–H groups in total. The Morgan fingerprint density at radius 2 is 1.40 bits per heavy atom. The molecule has 3 rings (SSSR count). The molecule has 0 unspecified atom stereocenters. The van der Waals surface area contributed by atoms with Crippen molar-refractivity contribution in [1.29, 1.82) is 0 Å². The summed E-state index contributed by atoms with van der Waals surface area (Å²) < 4.78 is 35.0. The number of hydrogen-bond acceptors (Lipinski definition) is 8. The van der Waals surface area contributed by atoms with Crippen LogP contribution < -0.4 is 16.0 Å². The Labute approximate surface area is 277 Å². The van der Waals surface area contributed by atoms with Crippen LogP contribution in [0.4, 0.5) is 9.18 Å². The zero-order valence-electron chi connectivity index (χ0n) is 28.4. The normalized spacial score (nSPS) is 13.2. The molecule has 0 aliphatic heterocycles. The van der Waals surface area contributed by atoms with Gasteiger partial charge in [0.05, 0.1) is 39.6 Å². The zero-order chi connectivity index (χ0) is 34.3. The number of carbonyl (C=O) groups is 3. The molecule has 0 saturated heterocycles. The van der Waals surface area contributed by atoms with Gasteiger partial charge in [0, 0.05) is 25.2 Å². The third-order valence-corrected chi connectivity index (χ3v) is 7.73. The van der Waals surface area contributed by atoms with Crippen LogP contribution in [0.15, 0.2) is 36.4 Å². The highest BCUT2D eigenvalue weighted by Crippen LogP contribution is 2.41. The molecular formula is C35H51FN4O7. The lowest BCUT2D eigenvalue weighted by atomic mass is 9.91. The van der Waals surface area contributed by atoms with Gasteiger partial charge in [-0.3, -0.25) is 9.59 Å². The van der Waals surface area contributed by atoms with E-state index in [1.165, 1.54) is 12.1 Å². The zero-order valence-corrected chi connectivity index (χ0v) is 28.4. The SMILES string of the molecule is CCC(CC)(NC(=O)c1ccc(C2CC2)c(Cc2ccc(F)cc2)n1)C(=O)NCCOCCOCCOCCNC(=O)OC(C)(C)C. The quantitative estimate of drug-likeness (QED) is 0.175. The fourth-order valence-electron chi connectivity index (χ4n) is 4.92. The lowest BCUT2D eigenvalue weighted by Crippen LogP contribution is -2.58. The van der Waals surface area contributed by atoms with E-state index in [9.17, 15) is 18.8 Å². The van der Waals surface area contributed by atoms with Crippen LogP contribution in [0, 0.1) is 5.82 Å². The standard InChI is InChI=1S/C35H51FN4O7/c1-6-35(7-2,32(42)37-16-18-44-20-22-46-23-21-45-19-17-38-33(43)47-34(3,4)5)40-31(41)29-15-14-28(26-10-11-26)30(39-29)24-25-8-12-27(36)13-9-25/h8-9,12-15,26H,6-7,10-11,16-24H2,1-5H3,(H,37,42)(H,38,43)(H,40,41). The molecule has 1 aliphatic rings. The number of hydrogen-bond donors (Lipinski definition) is 3. The minimum Gasteiger partial charge on any atom is -0.444 e. The van der Waals surface area contributed by atoms with Crippen molar-refractivity contribution in [3.63, 3.8) is 0 Å². The Balaban J connectivity index is 1.36. The van der Waals surface area contributed by atoms with Crippen molar-refractivity contribution in [3.8, 4) is 0 Å². The Morgan fingerprint density at radius 1 is 0.830 bits per heavy atom. The van der Waals surface area contributed by atoms with Gasteiger partial charge in [-0.05, 0) is 81.7 Å². The number of aromatic nitrogens is 1.